The lowest BCUT2D eigenvalue weighted by atomic mass is 9.91. The SMILES string of the molecule is Cl.Cl.Fc1ccc(-c2nnc(Nc3cc(C4CCNCC4)ccn3)s2)cc1. The number of halogens is 3. The summed E-state index contributed by atoms with van der Waals surface area (Å²) in [4.78, 5) is 4.39. The van der Waals surface area contributed by atoms with Gasteiger partial charge in [-0.3, -0.25) is 0 Å². The molecule has 27 heavy (non-hydrogen) atoms. The predicted molar refractivity (Wildman–Crippen MR) is 112 cm³/mol. The Balaban J connectivity index is 0.00000131. The maximum absolute atomic E-state index is 13.0. The van der Waals surface area contributed by atoms with E-state index in [-0.39, 0.29) is 30.6 Å². The molecule has 144 valence electrons. The van der Waals surface area contributed by atoms with Crippen molar-refractivity contribution in [2.45, 2.75) is 18.8 Å². The molecule has 4 rings (SSSR count). The van der Waals surface area contributed by atoms with Crippen molar-refractivity contribution in [2.75, 3.05) is 18.4 Å². The molecule has 1 saturated heterocycles. The van der Waals surface area contributed by atoms with E-state index in [1.54, 1.807) is 12.1 Å². The first-order valence-corrected chi connectivity index (χ1v) is 9.13. The summed E-state index contributed by atoms with van der Waals surface area (Å²) in [6, 6.07) is 10.4. The van der Waals surface area contributed by atoms with Gasteiger partial charge in [0.05, 0.1) is 0 Å². The van der Waals surface area contributed by atoms with Crippen LogP contribution in [0.25, 0.3) is 10.6 Å². The van der Waals surface area contributed by atoms with E-state index >= 15 is 0 Å². The van der Waals surface area contributed by atoms with Crippen molar-refractivity contribution < 1.29 is 4.39 Å². The van der Waals surface area contributed by atoms with Gasteiger partial charge in [-0.05, 0) is 73.8 Å². The molecule has 3 heterocycles. The van der Waals surface area contributed by atoms with Crippen molar-refractivity contribution in [3.05, 3.63) is 54.0 Å². The van der Waals surface area contributed by atoms with Crippen molar-refractivity contribution >= 4 is 47.1 Å². The lowest BCUT2D eigenvalue weighted by Gasteiger charge is -2.23. The van der Waals surface area contributed by atoms with Crippen LogP contribution in [0.4, 0.5) is 15.3 Å². The number of nitrogens with one attached hydrogen (secondary N) is 2. The number of piperidine rings is 1. The molecule has 0 amide bonds. The van der Waals surface area contributed by atoms with Crippen LogP contribution in [0.1, 0.15) is 24.3 Å². The maximum Gasteiger partial charge on any atom is 0.211 e. The van der Waals surface area contributed by atoms with Crippen LogP contribution in [0.5, 0.6) is 0 Å². The molecule has 3 aromatic rings. The second-order valence-electron chi connectivity index (χ2n) is 6.04. The molecule has 0 atom stereocenters. The van der Waals surface area contributed by atoms with Crippen molar-refractivity contribution in [3.8, 4) is 10.6 Å². The van der Waals surface area contributed by atoms with Crippen LogP contribution in [-0.4, -0.2) is 28.3 Å². The van der Waals surface area contributed by atoms with Crippen molar-refractivity contribution in [2.24, 2.45) is 0 Å². The van der Waals surface area contributed by atoms with Gasteiger partial charge >= 0.3 is 0 Å². The molecule has 1 fully saturated rings. The van der Waals surface area contributed by atoms with E-state index in [9.17, 15) is 4.39 Å². The zero-order valence-corrected chi connectivity index (χ0v) is 16.8. The molecule has 0 unspecified atom stereocenters. The summed E-state index contributed by atoms with van der Waals surface area (Å²) in [5.41, 5.74) is 2.16. The van der Waals surface area contributed by atoms with Gasteiger partial charge in [-0.15, -0.1) is 35.0 Å². The fraction of sp³-hybridized carbons (Fsp3) is 0.278. The Hall–Kier alpha value is -1.80. The molecule has 5 nitrogen and oxygen atoms in total. The topological polar surface area (TPSA) is 62.7 Å². The Bertz CT molecular complexity index is 853. The second kappa shape index (κ2) is 9.94. The molecule has 0 spiro atoms. The molecule has 0 bridgehead atoms. The van der Waals surface area contributed by atoms with Crippen molar-refractivity contribution in [3.63, 3.8) is 0 Å². The Morgan fingerprint density at radius 1 is 1.04 bits per heavy atom. The van der Waals surface area contributed by atoms with E-state index in [2.05, 4.69) is 37.9 Å². The van der Waals surface area contributed by atoms with Crippen LogP contribution in [0.15, 0.2) is 42.6 Å². The molecule has 0 saturated carbocycles. The first-order valence-electron chi connectivity index (χ1n) is 8.31. The number of benzene rings is 1. The van der Waals surface area contributed by atoms with Crippen LogP contribution in [0.2, 0.25) is 0 Å². The number of nitrogens with zero attached hydrogens (tertiary/aromatic N) is 3. The quantitative estimate of drug-likeness (QED) is 0.626. The minimum atomic E-state index is -0.259. The van der Waals surface area contributed by atoms with E-state index in [1.165, 1.54) is 29.0 Å². The minimum Gasteiger partial charge on any atom is -0.317 e. The highest BCUT2D eigenvalue weighted by Gasteiger charge is 2.16. The number of hydrogen-bond acceptors (Lipinski definition) is 6. The van der Waals surface area contributed by atoms with Gasteiger partial charge < -0.3 is 10.6 Å². The molecular formula is C18H20Cl2FN5S. The highest BCUT2D eigenvalue weighted by molar-refractivity contribution is 7.18. The third kappa shape index (κ3) is 5.35. The average molecular weight is 428 g/mol. The third-order valence-electron chi connectivity index (χ3n) is 4.35. The van der Waals surface area contributed by atoms with Gasteiger partial charge in [0.25, 0.3) is 0 Å². The van der Waals surface area contributed by atoms with Gasteiger partial charge in [0.15, 0.2) is 0 Å². The fourth-order valence-electron chi connectivity index (χ4n) is 3.02. The van der Waals surface area contributed by atoms with Gasteiger partial charge in [-0.1, -0.05) is 11.3 Å². The molecule has 1 aromatic carbocycles. The fourth-order valence-corrected chi connectivity index (χ4v) is 3.77. The summed E-state index contributed by atoms with van der Waals surface area (Å²) in [5, 5.41) is 16.4. The number of rotatable bonds is 4. The van der Waals surface area contributed by atoms with Crippen LogP contribution in [0.3, 0.4) is 0 Å². The van der Waals surface area contributed by atoms with Gasteiger partial charge in [0.2, 0.25) is 5.13 Å². The first kappa shape index (κ1) is 21.5. The molecular weight excluding hydrogens is 408 g/mol. The van der Waals surface area contributed by atoms with Crippen LogP contribution >= 0.6 is 36.2 Å². The van der Waals surface area contributed by atoms with E-state index < -0.39 is 0 Å². The Morgan fingerprint density at radius 3 is 2.52 bits per heavy atom. The molecule has 0 radical (unpaired) electrons. The molecule has 9 heteroatoms. The summed E-state index contributed by atoms with van der Waals surface area (Å²) in [7, 11) is 0. The summed E-state index contributed by atoms with van der Waals surface area (Å²) in [5.74, 6) is 1.09. The molecule has 0 aliphatic carbocycles. The third-order valence-corrected chi connectivity index (χ3v) is 5.23. The van der Waals surface area contributed by atoms with Crippen LogP contribution in [0, 0.1) is 5.82 Å². The summed E-state index contributed by atoms with van der Waals surface area (Å²) < 4.78 is 13.0. The normalized spacial score (nSPS) is 14.1. The number of hydrogen-bond donors (Lipinski definition) is 2. The van der Waals surface area contributed by atoms with Gasteiger partial charge in [-0.25, -0.2) is 9.37 Å². The highest BCUT2D eigenvalue weighted by Crippen LogP contribution is 2.30. The maximum atomic E-state index is 13.0. The monoisotopic (exact) mass is 427 g/mol. The van der Waals surface area contributed by atoms with Crippen molar-refractivity contribution in [1.82, 2.24) is 20.5 Å². The zero-order chi connectivity index (χ0) is 17.1. The molecule has 2 aromatic heterocycles. The predicted octanol–water partition coefficient (Wildman–Crippen LogP) is 4.79. The lowest BCUT2D eigenvalue weighted by Crippen LogP contribution is -2.26. The molecule has 2 N–H and O–H groups in total. The highest BCUT2D eigenvalue weighted by atomic mass is 35.5. The smallest absolute Gasteiger partial charge is 0.211 e. The van der Waals surface area contributed by atoms with Crippen LogP contribution in [-0.2, 0) is 0 Å². The van der Waals surface area contributed by atoms with Gasteiger partial charge in [0, 0.05) is 11.8 Å². The lowest BCUT2D eigenvalue weighted by molar-refractivity contribution is 0.460. The Morgan fingerprint density at radius 2 is 1.78 bits per heavy atom. The van der Waals surface area contributed by atoms with Crippen molar-refractivity contribution in [1.29, 1.82) is 0 Å². The molecule has 1 aliphatic rings. The first-order chi connectivity index (χ1) is 12.3. The molecule has 1 aliphatic heterocycles. The summed E-state index contributed by atoms with van der Waals surface area (Å²) >= 11 is 1.42. The van der Waals surface area contributed by atoms with Gasteiger partial charge in [-0.2, -0.15) is 0 Å². The number of anilines is 2. The average Bonchev–Trinajstić information content (AvgIpc) is 3.12. The van der Waals surface area contributed by atoms with E-state index in [0.717, 1.165) is 42.3 Å². The Kier molecular flexibility index (Phi) is 7.91. The Labute approximate surface area is 173 Å². The van der Waals surface area contributed by atoms with Gasteiger partial charge in [0.1, 0.15) is 16.6 Å². The van der Waals surface area contributed by atoms with E-state index in [1.807, 2.05) is 6.20 Å². The second-order valence-corrected chi connectivity index (χ2v) is 7.02. The largest absolute Gasteiger partial charge is 0.317 e. The number of pyridine rings is 1. The zero-order valence-electron chi connectivity index (χ0n) is 14.4. The van der Waals surface area contributed by atoms with E-state index in [4.69, 9.17) is 0 Å². The summed E-state index contributed by atoms with van der Waals surface area (Å²) in [6.45, 7) is 2.13. The minimum absolute atomic E-state index is 0. The van der Waals surface area contributed by atoms with E-state index in [0.29, 0.717) is 11.0 Å². The van der Waals surface area contributed by atoms with Crippen LogP contribution < -0.4 is 10.6 Å². The summed E-state index contributed by atoms with van der Waals surface area (Å²) in [6.07, 6.45) is 4.13. The standard InChI is InChI=1S/C18H18FN5S.2ClH/c19-15-3-1-13(2-4-15)17-23-24-18(25-17)22-16-11-14(7-10-21-16)12-5-8-20-9-6-12;;/h1-4,7,10-12,20H,5-6,8-9H2,(H,21,22,24);2*1H. The number of aromatic nitrogens is 3.